The molecule has 1 atom stereocenters. The van der Waals surface area contributed by atoms with E-state index in [0.29, 0.717) is 0 Å². The summed E-state index contributed by atoms with van der Waals surface area (Å²) in [6.07, 6.45) is 5.21. The first-order chi connectivity index (χ1) is 6.72. The number of nitrogens with zero attached hydrogens (tertiary/aromatic N) is 2. The normalized spacial score (nSPS) is 13.1. The lowest BCUT2D eigenvalue weighted by molar-refractivity contribution is 0.485. The summed E-state index contributed by atoms with van der Waals surface area (Å²) >= 11 is 0. The van der Waals surface area contributed by atoms with E-state index >= 15 is 0 Å². The van der Waals surface area contributed by atoms with Gasteiger partial charge < -0.3 is 9.88 Å². The molecular weight excluding hydrogens is 174 g/mol. The van der Waals surface area contributed by atoms with Gasteiger partial charge in [0.1, 0.15) is 0 Å². The van der Waals surface area contributed by atoms with Crippen LogP contribution in [0.5, 0.6) is 0 Å². The number of aromatic nitrogens is 2. The van der Waals surface area contributed by atoms with Crippen LogP contribution in [0, 0.1) is 12.8 Å². The minimum absolute atomic E-state index is 0.777. The molecule has 1 aromatic heterocycles. The highest BCUT2D eigenvalue weighted by Crippen LogP contribution is 1.97. The topological polar surface area (TPSA) is 29.9 Å². The number of hydrogen-bond acceptors (Lipinski definition) is 2. The maximum absolute atomic E-state index is 4.18. The summed E-state index contributed by atoms with van der Waals surface area (Å²) in [6.45, 7) is 9.67. The molecule has 0 saturated carbocycles. The molecule has 1 heterocycles. The van der Waals surface area contributed by atoms with Gasteiger partial charge in [-0.2, -0.15) is 0 Å². The van der Waals surface area contributed by atoms with Crippen molar-refractivity contribution < 1.29 is 0 Å². The SMILES string of the molecule is CCC(C)CNCCn1cnc(C)c1. The van der Waals surface area contributed by atoms with E-state index in [4.69, 9.17) is 0 Å². The Hall–Kier alpha value is -0.830. The van der Waals surface area contributed by atoms with E-state index < -0.39 is 0 Å². The van der Waals surface area contributed by atoms with Crippen LogP contribution in [0.3, 0.4) is 0 Å². The maximum Gasteiger partial charge on any atom is 0.0949 e. The van der Waals surface area contributed by atoms with E-state index in [1.165, 1.54) is 6.42 Å². The van der Waals surface area contributed by atoms with Crippen LogP contribution in [-0.2, 0) is 6.54 Å². The Bertz CT molecular complexity index is 255. The van der Waals surface area contributed by atoms with Gasteiger partial charge in [-0.15, -0.1) is 0 Å². The zero-order chi connectivity index (χ0) is 10.4. The lowest BCUT2D eigenvalue weighted by Gasteiger charge is -2.09. The molecule has 3 heteroatoms. The highest BCUT2D eigenvalue weighted by atomic mass is 15.0. The van der Waals surface area contributed by atoms with Crippen molar-refractivity contribution in [2.24, 2.45) is 5.92 Å². The van der Waals surface area contributed by atoms with Crippen LogP contribution in [0.15, 0.2) is 12.5 Å². The van der Waals surface area contributed by atoms with Crippen LogP contribution in [0.2, 0.25) is 0 Å². The van der Waals surface area contributed by atoms with Gasteiger partial charge in [0.2, 0.25) is 0 Å². The van der Waals surface area contributed by atoms with Crippen LogP contribution < -0.4 is 5.32 Å². The molecule has 3 nitrogen and oxygen atoms in total. The van der Waals surface area contributed by atoms with Crippen molar-refractivity contribution in [2.45, 2.75) is 33.7 Å². The Morgan fingerprint density at radius 3 is 2.93 bits per heavy atom. The lowest BCUT2D eigenvalue weighted by atomic mass is 10.1. The summed E-state index contributed by atoms with van der Waals surface area (Å²) < 4.78 is 2.12. The van der Waals surface area contributed by atoms with E-state index in [1.54, 1.807) is 0 Å². The van der Waals surface area contributed by atoms with Crippen molar-refractivity contribution in [1.29, 1.82) is 0 Å². The molecule has 0 radical (unpaired) electrons. The average molecular weight is 195 g/mol. The third kappa shape index (κ3) is 3.92. The maximum atomic E-state index is 4.18. The first-order valence-electron chi connectivity index (χ1n) is 5.41. The predicted molar refractivity (Wildman–Crippen MR) is 59.3 cm³/mol. The fraction of sp³-hybridized carbons (Fsp3) is 0.727. The number of nitrogens with one attached hydrogen (secondary N) is 1. The predicted octanol–water partition coefficient (Wildman–Crippen LogP) is 1.83. The summed E-state index contributed by atoms with van der Waals surface area (Å²) in [5, 5.41) is 3.45. The van der Waals surface area contributed by atoms with E-state index in [1.807, 2.05) is 13.3 Å². The number of aryl methyl sites for hydroxylation is 1. The van der Waals surface area contributed by atoms with Gasteiger partial charge >= 0.3 is 0 Å². The number of imidazole rings is 1. The molecule has 1 unspecified atom stereocenters. The van der Waals surface area contributed by atoms with E-state index in [9.17, 15) is 0 Å². The van der Waals surface area contributed by atoms with Crippen molar-refractivity contribution in [1.82, 2.24) is 14.9 Å². The largest absolute Gasteiger partial charge is 0.336 e. The number of rotatable bonds is 6. The van der Waals surface area contributed by atoms with Gasteiger partial charge in [-0.3, -0.25) is 0 Å². The van der Waals surface area contributed by atoms with Gasteiger partial charge in [-0.1, -0.05) is 20.3 Å². The van der Waals surface area contributed by atoms with Gasteiger partial charge in [0, 0.05) is 19.3 Å². The summed E-state index contributed by atoms with van der Waals surface area (Å²) in [5.41, 5.74) is 1.09. The Kier molecular flexibility index (Phi) is 4.66. The van der Waals surface area contributed by atoms with Crippen LogP contribution in [0.4, 0.5) is 0 Å². The molecule has 0 amide bonds. The van der Waals surface area contributed by atoms with Gasteiger partial charge in [-0.25, -0.2) is 4.98 Å². The van der Waals surface area contributed by atoms with E-state index in [0.717, 1.165) is 31.2 Å². The summed E-state index contributed by atoms with van der Waals surface area (Å²) in [7, 11) is 0. The second-order valence-electron chi connectivity index (χ2n) is 3.97. The van der Waals surface area contributed by atoms with Gasteiger partial charge in [-0.05, 0) is 19.4 Å². The monoisotopic (exact) mass is 195 g/mol. The quantitative estimate of drug-likeness (QED) is 0.702. The summed E-state index contributed by atoms with van der Waals surface area (Å²) in [4.78, 5) is 4.18. The van der Waals surface area contributed by atoms with Crippen molar-refractivity contribution >= 4 is 0 Å². The minimum Gasteiger partial charge on any atom is -0.336 e. The Labute approximate surface area is 86.5 Å². The van der Waals surface area contributed by atoms with E-state index in [-0.39, 0.29) is 0 Å². The first kappa shape index (κ1) is 11.2. The molecule has 0 spiro atoms. The van der Waals surface area contributed by atoms with Gasteiger partial charge in [0.15, 0.2) is 0 Å². The molecule has 0 aromatic carbocycles. The molecule has 0 saturated heterocycles. The summed E-state index contributed by atoms with van der Waals surface area (Å²) in [6, 6.07) is 0. The standard InChI is InChI=1S/C11H21N3/c1-4-10(2)7-12-5-6-14-8-11(3)13-9-14/h8-10,12H,4-7H2,1-3H3. The molecule has 14 heavy (non-hydrogen) atoms. The second kappa shape index (κ2) is 5.81. The average Bonchev–Trinajstić information content (AvgIpc) is 2.58. The smallest absolute Gasteiger partial charge is 0.0949 e. The van der Waals surface area contributed by atoms with Gasteiger partial charge in [0.05, 0.1) is 12.0 Å². The highest BCUT2D eigenvalue weighted by molar-refractivity contribution is 4.91. The lowest BCUT2D eigenvalue weighted by Crippen LogP contribution is -2.24. The van der Waals surface area contributed by atoms with Crippen molar-refractivity contribution in [3.8, 4) is 0 Å². The van der Waals surface area contributed by atoms with Crippen molar-refractivity contribution in [3.05, 3.63) is 18.2 Å². The fourth-order valence-electron chi connectivity index (χ4n) is 1.30. The zero-order valence-electron chi connectivity index (χ0n) is 9.45. The third-order valence-corrected chi connectivity index (χ3v) is 2.50. The minimum atomic E-state index is 0.777. The Morgan fingerprint density at radius 1 is 1.57 bits per heavy atom. The highest BCUT2D eigenvalue weighted by Gasteiger charge is 1.97. The summed E-state index contributed by atoms with van der Waals surface area (Å²) in [5.74, 6) is 0.777. The molecule has 1 N–H and O–H groups in total. The molecular formula is C11H21N3. The van der Waals surface area contributed by atoms with Crippen LogP contribution in [0.25, 0.3) is 0 Å². The molecule has 0 aliphatic carbocycles. The molecule has 0 aliphatic rings. The molecule has 0 aliphatic heterocycles. The first-order valence-corrected chi connectivity index (χ1v) is 5.41. The molecule has 0 bridgehead atoms. The second-order valence-corrected chi connectivity index (χ2v) is 3.97. The van der Waals surface area contributed by atoms with E-state index in [2.05, 4.69) is 34.9 Å². The molecule has 1 rings (SSSR count). The zero-order valence-corrected chi connectivity index (χ0v) is 9.45. The van der Waals surface area contributed by atoms with Crippen LogP contribution in [0.1, 0.15) is 26.0 Å². The molecule has 1 aromatic rings. The van der Waals surface area contributed by atoms with Crippen molar-refractivity contribution in [2.75, 3.05) is 13.1 Å². The van der Waals surface area contributed by atoms with Crippen LogP contribution in [-0.4, -0.2) is 22.6 Å². The molecule has 0 fully saturated rings. The Morgan fingerprint density at radius 2 is 2.36 bits per heavy atom. The van der Waals surface area contributed by atoms with Crippen LogP contribution >= 0.6 is 0 Å². The number of hydrogen-bond donors (Lipinski definition) is 1. The van der Waals surface area contributed by atoms with Crippen molar-refractivity contribution in [3.63, 3.8) is 0 Å². The fourth-order valence-corrected chi connectivity index (χ4v) is 1.30. The van der Waals surface area contributed by atoms with Gasteiger partial charge in [0.25, 0.3) is 0 Å². The molecule has 80 valence electrons. The third-order valence-electron chi connectivity index (χ3n) is 2.50. The Balaban J connectivity index is 2.10.